The van der Waals surface area contributed by atoms with Crippen LogP contribution in [0.1, 0.15) is 219 Å². The number of nitrogens with zero attached hydrogens (tertiary/aromatic N) is 2. The number of benzene rings is 1. The molecule has 1 aliphatic rings. The minimum Gasteiger partial charge on any atom is -0.356 e. The van der Waals surface area contributed by atoms with E-state index in [0.29, 0.717) is 6.17 Å². The molecular weight excluding hydrogens is 556 g/mol. The van der Waals surface area contributed by atoms with Crippen molar-refractivity contribution in [1.29, 1.82) is 0 Å². The lowest BCUT2D eigenvalue weighted by atomic mass is 10.0. The summed E-state index contributed by atoms with van der Waals surface area (Å²) in [6, 6.07) is 11.1. The van der Waals surface area contributed by atoms with Crippen molar-refractivity contribution in [2.75, 3.05) is 11.4 Å². The van der Waals surface area contributed by atoms with Gasteiger partial charge in [-0.2, -0.15) is 0 Å². The highest BCUT2D eigenvalue weighted by atomic mass is 15.4. The fourth-order valence-corrected chi connectivity index (χ4v) is 7.44. The monoisotopic (exact) mass is 637 g/mol. The second kappa shape index (κ2) is 30.9. The molecule has 2 rings (SSSR count). The molecule has 0 bridgehead atoms. The average molecular weight is 637 g/mol. The van der Waals surface area contributed by atoms with E-state index in [4.69, 9.17) is 0 Å². The van der Waals surface area contributed by atoms with Crippen molar-refractivity contribution in [2.45, 2.75) is 225 Å². The van der Waals surface area contributed by atoms with Gasteiger partial charge in [-0.3, -0.25) is 0 Å². The molecule has 0 saturated carbocycles. The van der Waals surface area contributed by atoms with Gasteiger partial charge >= 0.3 is 0 Å². The maximum Gasteiger partial charge on any atom is 0.105 e. The molecule has 0 saturated heterocycles. The zero-order chi connectivity index (χ0) is 32.6. The van der Waals surface area contributed by atoms with Crippen LogP contribution < -0.4 is 4.90 Å². The van der Waals surface area contributed by atoms with Gasteiger partial charge in [0.25, 0.3) is 0 Å². The molecule has 46 heavy (non-hydrogen) atoms. The summed E-state index contributed by atoms with van der Waals surface area (Å²) >= 11 is 0. The van der Waals surface area contributed by atoms with Crippen molar-refractivity contribution >= 4 is 5.69 Å². The van der Waals surface area contributed by atoms with E-state index in [2.05, 4.69) is 66.4 Å². The second-order valence-corrected chi connectivity index (χ2v) is 14.8. The lowest BCUT2D eigenvalue weighted by molar-refractivity contribution is 0.273. The Kier molecular flexibility index (Phi) is 27.3. The predicted molar refractivity (Wildman–Crippen MR) is 208 cm³/mol. The quantitative estimate of drug-likeness (QED) is 0.0694. The van der Waals surface area contributed by atoms with E-state index in [9.17, 15) is 0 Å². The summed E-state index contributed by atoms with van der Waals surface area (Å²) in [6.07, 6.45) is 51.1. The van der Waals surface area contributed by atoms with Crippen LogP contribution in [0.4, 0.5) is 5.69 Å². The van der Waals surface area contributed by atoms with Gasteiger partial charge < -0.3 is 9.80 Å². The van der Waals surface area contributed by atoms with Crippen LogP contribution in [0.3, 0.4) is 0 Å². The lowest BCUT2D eigenvalue weighted by Gasteiger charge is -2.33. The summed E-state index contributed by atoms with van der Waals surface area (Å²) in [5, 5.41) is 0. The number of hydrogen-bond acceptors (Lipinski definition) is 2. The van der Waals surface area contributed by atoms with Crippen molar-refractivity contribution in [2.24, 2.45) is 0 Å². The van der Waals surface area contributed by atoms with E-state index in [1.54, 1.807) is 0 Å². The van der Waals surface area contributed by atoms with E-state index >= 15 is 0 Å². The topological polar surface area (TPSA) is 6.48 Å². The van der Waals surface area contributed by atoms with Crippen LogP contribution in [0, 0.1) is 0 Å². The molecular formula is C44H80N2. The average Bonchev–Trinajstić information content (AvgIpc) is 3.49. The minimum absolute atomic E-state index is 0.501. The number of rotatable bonds is 34. The lowest BCUT2D eigenvalue weighted by Crippen LogP contribution is -2.39. The molecule has 0 spiro atoms. The normalized spacial score (nSPS) is 14.6. The van der Waals surface area contributed by atoms with Crippen LogP contribution in [0.2, 0.25) is 0 Å². The van der Waals surface area contributed by atoms with Gasteiger partial charge in [0.2, 0.25) is 0 Å². The molecule has 2 nitrogen and oxygen atoms in total. The standard InChI is InChI=1S/C44H80N2/c1-3-5-7-9-11-13-15-17-19-20-21-23-25-27-29-31-36-40-45-41-42-46(43-37-33-32-34-38-43)44(45)39-35-30-28-26-24-22-18-16-14-12-10-8-6-4-2/h32-34,37-38,41-42,44H,3-31,35-36,39-40H2,1-2H3. The van der Waals surface area contributed by atoms with E-state index in [1.807, 2.05) is 0 Å². The summed E-state index contributed by atoms with van der Waals surface area (Å²) in [5.41, 5.74) is 1.35. The van der Waals surface area contributed by atoms with Crippen molar-refractivity contribution < 1.29 is 0 Å². The third-order valence-corrected chi connectivity index (χ3v) is 10.5. The Morgan fingerprint density at radius 1 is 0.391 bits per heavy atom. The molecule has 0 aromatic heterocycles. The highest BCUT2D eigenvalue weighted by Crippen LogP contribution is 2.28. The maximum absolute atomic E-state index is 2.65. The number of anilines is 1. The molecule has 0 radical (unpaired) electrons. The van der Waals surface area contributed by atoms with Gasteiger partial charge in [-0.05, 0) is 31.4 Å². The first-order valence-electron chi connectivity index (χ1n) is 21.1. The first-order valence-corrected chi connectivity index (χ1v) is 21.1. The third kappa shape index (κ3) is 21.4. The third-order valence-electron chi connectivity index (χ3n) is 10.5. The highest BCUT2D eigenvalue weighted by molar-refractivity contribution is 5.51. The van der Waals surface area contributed by atoms with E-state index in [1.165, 1.54) is 218 Å². The van der Waals surface area contributed by atoms with Crippen LogP contribution in [0.25, 0.3) is 0 Å². The molecule has 1 atom stereocenters. The van der Waals surface area contributed by atoms with Crippen molar-refractivity contribution in [1.82, 2.24) is 4.90 Å². The van der Waals surface area contributed by atoms with Gasteiger partial charge in [-0.25, -0.2) is 0 Å². The fourth-order valence-electron chi connectivity index (χ4n) is 7.44. The summed E-state index contributed by atoms with van der Waals surface area (Å²) in [7, 11) is 0. The van der Waals surface area contributed by atoms with E-state index in [0.717, 1.165) is 0 Å². The first-order chi connectivity index (χ1) is 22.9. The smallest absolute Gasteiger partial charge is 0.105 e. The Hall–Kier alpha value is -1.44. The zero-order valence-electron chi connectivity index (χ0n) is 31.3. The summed E-state index contributed by atoms with van der Waals surface area (Å²) in [6.45, 7) is 5.83. The SMILES string of the molecule is CCCCCCCCCCCCCCCCCCCN1C=CN(c2ccccc2)C1CCCCCCCCCCCCCCCC. The summed E-state index contributed by atoms with van der Waals surface area (Å²) < 4.78 is 0. The Morgan fingerprint density at radius 2 is 0.739 bits per heavy atom. The Labute approximate surface area is 289 Å². The molecule has 1 aromatic carbocycles. The Morgan fingerprint density at radius 3 is 1.13 bits per heavy atom. The minimum atomic E-state index is 0.501. The highest BCUT2D eigenvalue weighted by Gasteiger charge is 2.26. The number of unbranched alkanes of at least 4 members (excludes halogenated alkanes) is 29. The van der Waals surface area contributed by atoms with Gasteiger partial charge in [0.05, 0.1) is 0 Å². The van der Waals surface area contributed by atoms with Crippen molar-refractivity contribution in [3.63, 3.8) is 0 Å². The van der Waals surface area contributed by atoms with Crippen molar-refractivity contribution in [3.05, 3.63) is 42.7 Å². The molecule has 0 fully saturated rings. The molecule has 0 N–H and O–H groups in total. The van der Waals surface area contributed by atoms with Crippen molar-refractivity contribution in [3.8, 4) is 0 Å². The molecule has 1 aliphatic heterocycles. The van der Waals surface area contributed by atoms with Gasteiger partial charge in [0, 0.05) is 24.6 Å². The van der Waals surface area contributed by atoms with Gasteiger partial charge in [0.15, 0.2) is 0 Å². The zero-order valence-corrected chi connectivity index (χ0v) is 31.3. The predicted octanol–water partition coefficient (Wildman–Crippen LogP) is 15.1. The number of para-hydroxylation sites is 1. The van der Waals surface area contributed by atoms with Crippen LogP contribution in [-0.2, 0) is 0 Å². The molecule has 266 valence electrons. The first kappa shape index (κ1) is 40.7. The molecule has 2 heteroatoms. The molecule has 0 amide bonds. The van der Waals surface area contributed by atoms with E-state index < -0.39 is 0 Å². The van der Waals surface area contributed by atoms with Crippen LogP contribution in [-0.4, -0.2) is 17.6 Å². The van der Waals surface area contributed by atoms with Gasteiger partial charge in [-0.1, -0.05) is 218 Å². The largest absolute Gasteiger partial charge is 0.356 e. The van der Waals surface area contributed by atoms with Crippen LogP contribution in [0.15, 0.2) is 42.7 Å². The van der Waals surface area contributed by atoms with Crippen LogP contribution in [0.5, 0.6) is 0 Å². The molecule has 1 heterocycles. The number of hydrogen-bond donors (Lipinski definition) is 0. The Balaban J connectivity index is 1.48. The fraction of sp³-hybridized carbons (Fsp3) is 0.818. The van der Waals surface area contributed by atoms with Crippen LogP contribution >= 0.6 is 0 Å². The van der Waals surface area contributed by atoms with E-state index in [-0.39, 0.29) is 0 Å². The summed E-state index contributed by atoms with van der Waals surface area (Å²) in [4.78, 5) is 5.19. The molecule has 1 aromatic rings. The van der Waals surface area contributed by atoms with Gasteiger partial charge in [-0.15, -0.1) is 0 Å². The summed E-state index contributed by atoms with van der Waals surface area (Å²) in [5.74, 6) is 0. The van der Waals surface area contributed by atoms with Gasteiger partial charge in [0.1, 0.15) is 6.17 Å². The second-order valence-electron chi connectivity index (χ2n) is 14.8. The maximum atomic E-state index is 2.65. The molecule has 0 aliphatic carbocycles. The Bertz CT molecular complexity index is 773. The molecule has 1 unspecified atom stereocenters.